The van der Waals surface area contributed by atoms with E-state index in [1.54, 1.807) is 12.1 Å². The third kappa shape index (κ3) is 3.23. The van der Waals surface area contributed by atoms with E-state index in [4.69, 9.17) is 18.0 Å². The van der Waals surface area contributed by atoms with Crippen LogP contribution in [0.5, 0.6) is 0 Å². The lowest BCUT2D eigenvalue weighted by atomic mass is 10.0. The van der Waals surface area contributed by atoms with Crippen LogP contribution in [0.25, 0.3) is 0 Å². The van der Waals surface area contributed by atoms with Gasteiger partial charge in [0.15, 0.2) is 0 Å². The van der Waals surface area contributed by atoms with Gasteiger partial charge in [0.1, 0.15) is 5.82 Å². The Hall–Kier alpha value is -1.00. The molecular weight excluding hydrogens is 235 g/mol. The first-order chi connectivity index (χ1) is 7.99. The second-order valence-electron chi connectivity index (χ2n) is 4.19. The van der Waals surface area contributed by atoms with Gasteiger partial charge in [0, 0.05) is 11.6 Å². The normalized spacial score (nSPS) is 14.6. The Bertz CT molecular complexity index is 395. The molecule has 0 bridgehead atoms. The van der Waals surface area contributed by atoms with E-state index in [0.717, 1.165) is 6.42 Å². The molecule has 94 valence electrons. The van der Waals surface area contributed by atoms with Crippen molar-refractivity contribution in [3.05, 3.63) is 35.6 Å². The lowest BCUT2D eigenvalue weighted by Crippen LogP contribution is -2.42. The van der Waals surface area contributed by atoms with Gasteiger partial charge in [-0.25, -0.2) is 4.39 Å². The predicted molar refractivity (Wildman–Crippen MR) is 73.4 cm³/mol. The number of thiocarbonyl (C=S) groups is 1. The molecule has 0 aromatic heterocycles. The van der Waals surface area contributed by atoms with Gasteiger partial charge in [0.25, 0.3) is 0 Å². The summed E-state index contributed by atoms with van der Waals surface area (Å²) in [4.78, 5) is 2.47. The highest BCUT2D eigenvalue weighted by atomic mass is 32.1. The Morgan fingerprint density at radius 2 is 2.06 bits per heavy atom. The summed E-state index contributed by atoms with van der Waals surface area (Å²) < 4.78 is 13.7. The van der Waals surface area contributed by atoms with Crippen LogP contribution in [0.3, 0.4) is 0 Å². The van der Waals surface area contributed by atoms with E-state index >= 15 is 0 Å². The number of benzene rings is 1. The van der Waals surface area contributed by atoms with E-state index in [2.05, 4.69) is 0 Å². The van der Waals surface area contributed by atoms with Crippen LogP contribution in [0, 0.1) is 5.82 Å². The molecule has 0 spiro atoms. The summed E-state index contributed by atoms with van der Waals surface area (Å²) in [5.74, 6) is -0.190. The smallest absolute Gasteiger partial charge is 0.127 e. The van der Waals surface area contributed by atoms with Crippen LogP contribution in [0.1, 0.15) is 31.9 Å². The maximum atomic E-state index is 13.7. The van der Waals surface area contributed by atoms with Crippen molar-refractivity contribution in [3.63, 3.8) is 0 Å². The van der Waals surface area contributed by atoms with Crippen molar-refractivity contribution in [3.8, 4) is 0 Å². The van der Waals surface area contributed by atoms with Gasteiger partial charge in [-0.05, 0) is 26.5 Å². The molecule has 0 fully saturated rings. The predicted octanol–water partition coefficient (Wildman–Crippen LogP) is 2.88. The van der Waals surface area contributed by atoms with Crippen LogP contribution in [0.15, 0.2) is 24.3 Å². The summed E-state index contributed by atoms with van der Waals surface area (Å²) in [7, 11) is 1.92. The Kier molecular flexibility index (Phi) is 5.02. The average molecular weight is 254 g/mol. The molecule has 2 atom stereocenters. The maximum absolute atomic E-state index is 13.7. The molecule has 0 aliphatic carbocycles. The van der Waals surface area contributed by atoms with Crippen LogP contribution in [0.2, 0.25) is 0 Å². The molecule has 1 aromatic carbocycles. The zero-order valence-electron chi connectivity index (χ0n) is 10.5. The van der Waals surface area contributed by atoms with Crippen LogP contribution in [0.4, 0.5) is 4.39 Å². The molecule has 1 rings (SSSR count). The molecule has 1 aromatic rings. The van der Waals surface area contributed by atoms with Crippen LogP contribution >= 0.6 is 12.2 Å². The number of hydrogen-bond donors (Lipinski definition) is 1. The van der Waals surface area contributed by atoms with Crippen LogP contribution < -0.4 is 5.73 Å². The molecule has 2 N–H and O–H groups in total. The van der Waals surface area contributed by atoms with Crippen molar-refractivity contribution in [1.82, 2.24) is 4.90 Å². The SMILES string of the molecule is CCC(C(N)=S)N(C)C(C)c1ccccc1F. The van der Waals surface area contributed by atoms with Gasteiger partial charge in [-0.3, -0.25) is 4.90 Å². The van der Waals surface area contributed by atoms with E-state index in [1.807, 2.05) is 31.9 Å². The molecule has 0 aliphatic rings. The van der Waals surface area contributed by atoms with Gasteiger partial charge in [-0.15, -0.1) is 0 Å². The van der Waals surface area contributed by atoms with E-state index < -0.39 is 0 Å². The fourth-order valence-electron chi connectivity index (χ4n) is 1.99. The second kappa shape index (κ2) is 6.07. The number of halogens is 1. The molecule has 2 nitrogen and oxygen atoms in total. The minimum atomic E-state index is -0.190. The first-order valence-electron chi connectivity index (χ1n) is 5.74. The average Bonchev–Trinajstić information content (AvgIpc) is 2.29. The van der Waals surface area contributed by atoms with Gasteiger partial charge in [0.05, 0.1) is 11.0 Å². The second-order valence-corrected chi connectivity index (χ2v) is 4.66. The van der Waals surface area contributed by atoms with Gasteiger partial charge in [-0.2, -0.15) is 0 Å². The molecule has 0 heterocycles. The fraction of sp³-hybridized carbons (Fsp3) is 0.462. The molecular formula is C13H19FN2S. The first-order valence-corrected chi connectivity index (χ1v) is 6.15. The number of likely N-dealkylation sites (N-methyl/N-ethyl adjacent to an activating group) is 1. The monoisotopic (exact) mass is 254 g/mol. The van der Waals surface area contributed by atoms with Crippen molar-refractivity contribution in [1.29, 1.82) is 0 Å². The summed E-state index contributed by atoms with van der Waals surface area (Å²) in [5.41, 5.74) is 6.37. The Morgan fingerprint density at radius 3 is 2.53 bits per heavy atom. The van der Waals surface area contributed by atoms with Gasteiger partial charge >= 0.3 is 0 Å². The molecule has 0 saturated heterocycles. The molecule has 17 heavy (non-hydrogen) atoms. The summed E-state index contributed by atoms with van der Waals surface area (Å²) in [6.45, 7) is 3.98. The van der Waals surface area contributed by atoms with E-state index in [1.165, 1.54) is 6.07 Å². The van der Waals surface area contributed by atoms with Gasteiger partial charge in [-0.1, -0.05) is 37.3 Å². The van der Waals surface area contributed by atoms with E-state index in [9.17, 15) is 4.39 Å². The Morgan fingerprint density at radius 1 is 1.47 bits per heavy atom. The zero-order valence-corrected chi connectivity index (χ0v) is 11.3. The van der Waals surface area contributed by atoms with Crippen molar-refractivity contribution in [2.45, 2.75) is 32.4 Å². The minimum absolute atomic E-state index is 0.000365. The standard InChI is InChI=1S/C13H19FN2S/c1-4-12(13(15)17)16(3)9(2)10-7-5-6-8-11(10)14/h5-9,12H,4H2,1-3H3,(H2,15,17). The van der Waals surface area contributed by atoms with Crippen molar-refractivity contribution < 1.29 is 4.39 Å². The zero-order chi connectivity index (χ0) is 13.0. The highest BCUT2D eigenvalue weighted by Crippen LogP contribution is 2.24. The number of nitrogens with two attached hydrogens (primary N) is 1. The summed E-state index contributed by atoms with van der Waals surface area (Å²) in [5, 5.41) is 0. The first kappa shape index (κ1) is 14.1. The number of nitrogens with zero attached hydrogens (tertiary/aromatic N) is 1. The molecule has 0 radical (unpaired) electrons. The van der Waals surface area contributed by atoms with Gasteiger partial charge < -0.3 is 5.73 Å². The molecule has 0 aliphatic heterocycles. The van der Waals surface area contributed by atoms with E-state index in [0.29, 0.717) is 10.6 Å². The van der Waals surface area contributed by atoms with Crippen molar-refractivity contribution >= 4 is 17.2 Å². The molecule has 0 saturated carbocycles. The summed E-state index contributed by atoms with van der Waals surface area (Å²) in [6.07, 6.45) is 0.824. The van der Waals surface area contributed by atoms with Gasteiger partial charge in [0.2, 0.25) is 0 Å². The molecule has 2 unspecified atom stereocenters. The molecule has 0 amide bonds. The minimum Gasteiger partial charge on any atom is -0.392 e. The summed E-state index contributed by atoms with van der Waals surface area (Å²) >= 11 is 5.04. The quantitative estimate of drug-likeness (QED) is 0.819. The number of rotatable bonds is 5. The lowest BCUT2D eigenvalue weighted by Gasteiger charge is -2.32. The highest BCUT2D eigenvalue weighted by Gasteiger charge is 2.23. The van der Waals surface area contributed by atoms with Crippen LogP contribution in [-0.4, -0.2) is 23.0 Å². The summed E-state index contributed by atoms with van der Waals surface area (Å²) in [6, 6.07) is 6.74. The lowest BCUT2D eigenvalue weighted by molar-refractivity contribution is 0.222. The molecule has 4 heteroatoms. The Balaban J connectivity index is 2.93. The van der Waals surface area contributed by atoms with Crippen molar-refractivity contribution in [2.24, 2.45) is 5.73 Å². The Labute approximate surface area is 108 Å². The fourth-order valence-corrected chi connectivity index (χ4v) is 2.33. The third-order valence-corrected chi connectivity index (χ3v) is 3.45. The largest absolute Gasteiger partial charge is 0.392 e. The maximum Gasteiger partial charge on any atom is 0.127 e. The number of hydrogen-bond acceptors (Lipinski definition) is 2. The van der Waals surface area contributed by atoms with E-state index in [-0.39, 0.29) is 17.9 Å². The third-order valence-electron chi connectivity index (χ3n) is 3.17. The topological polar surface area (TPSA) is 29.3 Å². The van der Waals surface area contributed by atoms with Crippen molar-refractivity contribution in [2.75, 3.05) is 7.05 Å². The highest BCUT2D eigenvalue weighted by molar-refractivity contribution is 7.80. The van der Waals surface area contributed by atoms with Crippen LogP contribution in [-0.2, 0) is 0 Å².